The molecule has 2 heterocycles. The van der Waals surface area contributed by atoms with E-state index in [-0.39, 0.29) is 12.4 Å². The molecular formula is C27H25N3O3. The maximum absolute atomic E-state index is 12.1. The molecule has 0 unspecified atom stereocenters. The van der Waals surface area contributed by atoms with Crippen LogP contribution in [-0.2, 0) is 6.42 Å². The van der Waals surface area contributed by atoms with E-state index in [4.69, 9.17) is 14.9 Å². The van der Waals surface area contributed by atoms with Gasteiger partial charge in [-0.15, -0.1) is 0 Å². The second-order valence-corrected chi connectivity index (χ2v) is 8.14. The first-order valence-corrected chi connectivity index (χ1v) is 11.2. The lowest BCUT2D eigenvalue weighted by molar-refractivity contribution is 0.0994. The quantitative estimate of drug-likeness (QED) is 0.396. The van der Waals surface area contributed by atoms with Crippen molar-refractivity contribution in [1.29, 1.82) is 0 Å². The number of Topliss-reactive ketones (excluding diaryl/α,β-unsaturated/α-hetero) is 1. The molecule has 0 radical (unpaired) electrons. The number of carbonyl (C=O) groups excluding carboxylic acids is 1. The minimum absolute atomic E-state index is 0.185. The van der Waals surface area contributed by atoms with Crippen molar-refractivity contribution >= 4 is 5.78 Å². The molecule has 5 rings (SSSR count). The number of rotatable bonds is 8. The molecule has 0 saturated heterocycles. The summed E-state index contributed by atoms with van der Waals surface area (Å²) in [6, 6.07) is 17.8. The number of aryl methyl sites for hydroxylation is 1. The van der Waals surface area contributed by atoms with Gasteiger partial charge in [0.15, 0.2) is 5.78 Å². The molecule has 0 spiro atoms. The molecule has 166 valence electrons. The first kappa shape index (κ1) is 21.1. The predicted octanol–water partition coefficient (Wildman–Crippen LogP) is 4.88. The third-order valence-corrected chi connectivity index (χ3v) is 5.93. The standard InChI is InChI=1S/C27H25N3O3/c31-15-1-2-16-33-23-7-5-22(6-8-23)30-18-25(27(29-30)19-11-13-28-14-12-19)21-3-9-24-20(17-21)4-10-26(24)32/h3,5-9,11-14,17-18,31H,1-2,4,10,15-16H2. The Balaban J connectivity index is 1.49. The summed E-state index contributed by atoms with van der Waals surface area (Å²) in [7, 11) is 0. The monoisotopic (exact) mass is 439 g/mol. The van der Waals surface area contributed by atoms with Crippen LogP contribution in [-0.4, -0.2) is 38.9 Å². The highest BCUT2D eigenvalue weighted by atomic mass is 16.5. The molecule has 1 aliphatic carbocycles. The summed E-state index contributed by atoms with van der Waals surface area (Å²) in [6.07, 6.45) is 8.51. The van der Waals surface area contributed by atoms with Gasteiger partial charge in [0.25, 0.3) is 0 Å². The van der Waals surface area contributed by atoms with Crippen LogP contribution in [0.5, 0.6) is 5.75 Å². The number of hydrogen-bond donors (Lipinski definition) is 1. The van der Waals surface area contributed by atoms with Gasteiger partial charge in [-0.3, -0.25) is 9.78 Å². The van der Waals surface area contributed by atoms with Crippen LogP contribution >= 0.6 is 0 Å². The number of fused-ring (bicyclic) bond motifs is 1. The van der Waals surface area contributed by atoms with Gasteiger partial charge >= 0.3 is 0 Å². The van der Waals surface area contributed by atoms with Crippen molar-refractivity contribution in [3.05, 3.63) is 84.3 Å². The van der Waals surface area contributed by atoms with Crippen LogP contribution in [0.2, 0.25) is 0 Å². The maximum atomic E-state index is 12.1. The summed E-state index contributed by atoms with van der Waals surface area (Å²) >= 11 is 0. The summed E-state index contributed by atoms with van der Waals surface area (Å²) in [5, 5.41) is 13.8. The fourth-order valence-electron chi connectivity index (χ4n) is 4.16. The van der Waals surface area contributed by atoms with E-state index in [1.54, 1.807) is 12.4 Å². The summed E-state index contributed by atoms with van der Waals surface area (Å²) in [5.41, 5.74) is 6.78. The van der Waals surface area contributed by atoms with Gasteiger partial charge in [-0.25, -0.2) is 4.68 Å². The zero-order chi connectivity index (χ0) is 22.6. The Kier molecular flexibility index (Phi) is 6.00. The number of unbranched alkanes of at least 4 members (excludes halogenated alkanes) is 1. The molecule has 0 atom stereocenters. The van der Waals surface area contributed by atoms with Crippen LogP contribution in [0.15, 0.2) is 73.2 Å². The first-order valence-electron chi connectivity index (χ1n) is 11.2. The summed E-state index contributed by atoms with van der Waals surface area (Å²) in [4.78, 5) is 16.2. The van der Waals surface area contributed by atoms with Crippen molar-refractivity contribution < 1.29 is 14.6 Å². The van der Waals surface area contributed by atoms with Gasteiger partial charge in [-0.2, -0.15) is 5.10 Å². The van der Waals surface area contributed by atoms with E-state index in [0.717, 1.165) is 64.2 Å². The van der Waals surface area contributed by atoms with E-state index in [9.17, 15) is 4.79 Å². The van der Waals surface area contributed by atoms with Crippen molar-refractivity contribution in [2.45, 2.75) is 25.7 Å². The molecule has 0 aliphatic heterocycles. The molecule has 1 N–H and O–H groups in total. The molecule has 1 aliphatic rings. The molecule has 6 heteroatoms. The molecule has 0 saturated carbocycles. The average molecular weight is 440 g/mol. The zero-order valence-electron chi connectivity index (χ0n) is 18.3. The third-order valence-electron chi connectivity index (χ3n) is 5.93. The van der Waals surface area contributed by atoms with Crippen LogP contribution in [0.4, 0.5) is 0 Å². The third kappa shape index (κ3) is 4.43. The number of aliphatic hydroxyl groups excluding tert-OH is 1. The lowest BCUT2D eigenvalue weighted by atomic mass is 9.98. The van der Waals surface area contributed by atoms with Gasteiger partial charge in [0.05, 0.1) is 12.3 Å². The van der Waals surface area contributed by atoms with Crippen molar-refractivity contribution in [2.75, 3.05) is 13.2 Å². The first-order chi connectivity index (χ1) is 16.2. The minimum atomic E-state index is 0.185. The number of hydrogen-bond acceptors (Lipinski definition) is 5. The van der Waals surface area contributed by atoms with E-state index in [1.807, 2.05) is 59.4 Å². The van der Waals surface area contributed by atoms with E-state index in [1.165, 1.54) is 0 Å². The van der Waals surface area contributed by atoms with E-state index >= 15 is 0 Å². The number of carbonyl (C=O) groups is 1. The average Bonchev–Trinajstić information content (AvgIpc) is 3.47. The molecule has 2 aromatic carbocycles. The van der Waals surface area contributed by atoms with Crippen molar-refractivity contribution in [3.8, 4) is 33.8 Å². The van der Waals surface area contributed by atoms with Crippen LogP contribution in [0.1, 0.15) is 35.2 Å². The van der Waals surface area contributed by atoms with Crippen molar-refractivity contribution in [1.82, 2.24) is 14.8 Å². The number of nitrogens with zero attached hydrogens (tertiary/aromatic N) is 3. The molecule has 0 bridgehead atoms. The van der Waals surface area contributed by atoms with Gasteiger partial charge in [0.1, 0.15) is 11.4 Å². The molecule has 33 heavy (non-hydrogen) atoms. The predicted molar refractivity (Wildman–Crippen MR) is 127 cm³/mol. The van der Waals surface area contributed by atoms with Gasteiger partial charge < -0.3 is 9.84 Å². The Morgan fingerprint density at radius 1 is 0.909 bits per heavy atom. The summed E-state index contributed by atoms with van der Waals surface area (Å²) < 4.78 is 7.62. The zero-order valence-corrected chi connectivity index (χ0v) is 18.3. The second kappa shape index (κ2) is 9.38. The number of benzene rings is 2. The summed E-state index contributed by atoms with van der Waals surface area (Å²) in [6.45, 7) is 0.767. The van der Waals surface area contributed by atoms with Crippen LogP contribution in [0.25, 0.3) is 28.1 Å². The molecule has 4 aromatic rings. The van der Waals surface area contributed by atoms with E-state index in [0.29, 0.717) is 13.0 Å². The Morgan fingerprint density at radius 2 is 1.73 bits per heavy atom. The molecule has 2 aromatic heterocycles. The molecule has 6 nitrogen and oxygen atoms in total. The normalized spacial score (nSPS) is 12.7. The summed E-state index contributed by atoms with van der Waals surface area (Å²) in [5.74, 6) is 1.02. The fraction of sp³-hybridized carbons (Fsp3) is 0.222. The number of ketones is 1. The topological polar surface area (TPSA) is 77.2 Å². The number of ether oxygens (including phenoxy) is 1. The SMILES string of the molecule is O=C1CCc2cc(-c3cn(-c4ccc(OCCCCO)cc4)nc3-c3ccncc3)ccc21. The highest BCUT2D eigenvalue weighted by Gasteiger charge is 2.21. The van der Waals surface area contributed by atoms with Gasteiger partial charge in [0.2, 0.25) is 0 Å². The Bertz CT molecular complexity index is 1260. The molecule has 0 fully saturated rings. The van der Waals surface area contributed by atoms with Crippen molar-refractivity contribution in [3.63, 3.8) is 0 Å². The maximum Gasteiger partial charge on any atom is 0.163 e. The minimum Gasteiger partial charge on any atom is -0.494 e. The van der Waals surface area contributed by atoms with Crippen LogP contribution in [0.3, 0.4) is 0 Å². The number of pyridine rings is 1. The Hall–Kier alpha value is -3.77. The van der Waals surface area contributed by atoms with Gasteiger partial charge in [-0.1, -0.05) is 18.2 Å². The number of aromatic nitrogens is 3. The highest BCUT2D eigenvalue weighted by Crippen LogP contribution is 2.34. The molecule has 0 amide bonds. The van der Waals surface area contributed by atoms with Gasteiger partial charge in [-0.05, 0) is 66.8 Å². The van der Waals surface area contributed by atoms with Crippen molar-refractivity contribution in [2.24, 2.45) is 0 Å². The Labute approximate surface area is 192 Å². The molecular weight excluding hydrogens is 414 g/mol. The highest BCUT2D eigenvalue weighted by molar-refractivity contribution is 6.01. The largest absolute Gasteiger partial charge is 0.494 e. The van der Waals surface area contributed by atoms with E-state index in [2.05, 4.69) is 11.1 Å². The van der Waals surface area contributed by atoms with E-state index < -0.39 is 0 Å². The fourth-order valence-corrected chi connectivity index (χ4v) is 4.16. The number of aliphatic hydroxyl groups is 1. The van der Waals surface area contributed by atoms with Gasteiger partial charge in [0, 0.05) is 48.3 Å². The lowest BCUT2D eigenvalue weighted by Crippen LogP contribution is -1.99. The smallest absolute Gasteiger partial charge is 0.163 e. The second-order valence-electron chi connectivity index (χ2n) is 8.14. The Morgan fingerprint density at radius 3 is 2.52 bits per heavy atom. The van der Waals surface area contributed by atoms with Crippen LogP contribution < -0.4 is 4.74 Å². The lowest BCUT2D eigenvalue weighted by Gasteiger charge is -2.07. The van der Waals surface area contributed by atoms with Crippen LogP contribution in [0, 0.1) is 0 Å².